The third kappa shape index (κ3) is 3.89. The van der Waals surface area contributed by atoms with E-state index >= 15 is 0 Å². The standard InChI is InChI=1S/C22H28N6O3/c1-14-7-9-22(2,13-30-14)17-12-28-11-16(19(29)24-18-8-10-27(3)26-18)20(25-21(28)23-17)31-15-5-4-6-15/h8,10-12,14-15H,4-7,9,13H2,1-3H3,(H,24,26,29)/t14-,22+/m1/s1. The van der Waals surface area contributed by atoms with Crippen LogP contribution in [0.5, 0.6) is 5.88 Å². The van der Waals surface area contributed by atoms with Crippen molar-refractivity contribution in [1.29, 1.82) is 0 Å². The van der Waals surface area contributed by atoms with E-state index in [1.165, 1.54) is 0 Å². The maximum absolute atomic E-state index is 13.0. The van der Waals surface area contributed by atoms with Gasteiger partial charge >= 0.3 is 0 Å². The summed E-state index contributed by atoms with van der Waals surface area (Å²) in [5.74, 6) is 1.02. The molecule has 4 heterocycles. The van der Waals surface area contributed by atoms with Gasteiger partial charge in [-0.3, -0.25) is 13.9 Å². The molecule has 2 aliphatic rings. The minimum atomic E-state index is -0.307. The number of rotatable bonds is 5. The quantitative estimate of drug-likeness (QED) is 0.676. The van der Waals surface area contributed by atoms with Gasteiger partial charge < -0.3 is 14.8 Å². The number of aryl methyl sites for hydroxylation is 1. The number of carbonyl (C=O) groups is 1. The van der Waals surface area contributed by atoms with E-state index in [0.717, 1.165) is 37.8 Å². The van der Waals surface area contributed by atoms with Gasteiger partial charge in [-0.25, -0.2) is 4.98 Å². The van der Waals surface area contributed by atoms with Crippen LogP contribution < -0.4 is 10.1 Å². The van der Waals surface area contributed by atoms with E-state index in [1.807, 2.05) is 6.20 Å². The normalized spacial score (nSPS) is 24.2. The fourth-order valence-electron chi connectivity index (χ4n) is 3.96. The first-order valence-electron chi connectivity index (χ1n) is 10.9. The molecule has 1 N–H and O–H groups in total. The van der Waals surface area contributed by atoms with E-state index < -0.39 is 0 Å². The Labute approximate surface area is 180 Å². The second-order valence-corrected chi connectivity index (χ2v) is 9.01. The van der Waals surface area contributed by atoms with E-state index in [-0.39, 0.29) is 23.5 Å². The lowest BCUT2D eigenvalue weighted by molar-refractivity contribution is -0.0162. The summed E-state index contributed by atoms with van der Waals surface area (Å²) in [7, 11) is 1.80. The van der Waals surface area contributed by atoms with Crippen LogP contribution in [0, 0.1) is 0 Å². The number of hydrogen-bond donors (Lipinski definition) is 1. The smallest absolute Gasteiger partial charge is 0.263 e. The van der Waals surface area contributed by atoms with Gasteiger partial charge in [0.1, 0.15) is 11.7 Å². The fraction of sp³-hybridized carbons (Fsp3) is 0.545. The molecule has 0 spiro atoms. The zero-order valence-electron chi connectivity index (χ0n) is 18.2. The molecule has 9 heteroatoms. The molecular formula is C22H28N6O3. The van der Waals surface area contributed by atoms with Crippen LogP contribution in [0.3, 0.4) is 0 Å². The monoisotopic (exact) mass is 424 g/mol. The first-order valence-corrected chi connectivity index (χ1v) is 10.9. The molecule has 1 aliphatic heterocycles. The molecule has 31 heavy (non-hydrogen) atoms. The largest absolute Gasteiger partial charge is 0.474 e. The summed E-state index contributed by atoms with van der Waals surface area (Å²) in [5.41, 5.74) is 1.11. The van der Waals surface area contributed by atoms with Crippen molar-refractivity contribution in [3.8, 4) is 5.88 Å². The molecule has 3 aromatic rings. The van der Waals surface area contributed by atoms with E-state index in [1.54, 1.807) is 34.6 Å². The van der Waals surface area contributed by atoms with Crippen LogP contribution >= 0.6 is 0 Å². The molecule has 1 saturated carbocycles. The average Bonchev–Trinajstić information content (AvgIpc) is 3.32. The SMILES string of the molecule is C[C@@H]1CC[C@](C)(c2cn3cc(C(=O)Nc4ccn(C)n4)c(OC4CCC4)nc3n2)CO1. The third-order valence-electron chi connectivity index (χ3n) is 6.35. The van der Waals surface area contributed by atoms with Crippen molar-refractivity contribution in [2.75, 3.05) is 11.9 Å². The molecular weight excluding hydrogens is 396 g/mol. The number of aromatic nitrogens is 5. The van der Waals surface area contributed by atoms with Gasteiger partial charge in [0.25, 0.3) is 5.91 Å². The summed E-state index contributed by atoms with van der Waals surface area (Å²) in [6.07, 6.45) is 10.9. The molecule has 1 amide bonds. The van der Waals surface area contributed by atoms with Crippen molar-refractivity contribution in [3.63, 3.8) is 0 Å². The van der Waals surface area contributed by atoms with Crippen LogP contribution in [0.4, 0.5) is 5.82 Å². The molecule has 0 aromatic carbocycles. The van der Waals surface area contributed by atoms with Gasteiger partial charge in [-0.2, -0.15) is 10.1 Å². The Balaban J connectivity index is 1.49. The van der Waals surface area contributed by atoms with Crippen LogP contribution in [0.2, 0.25) is 0 Å². The molecule has 1 aliphatic carbocycles. The summed E-state index contributed by atoms with van der Waals surface area (Å²) in [6.45, 7) is 4.89. The first-order chi connectivity index (χ1) is 14.9. The Kier molecular flexibility index (Phi) is 4.92. The zero-order chi connectivity index (χ0) is 21.6. The lowest BCUT2D eigenvalue weighted by Crippen LogP contribution is -2.36. The average molecular weight is 425 g/mol. The van der Waals surface area contributed by atoms with Crippen LogP contribution in [0.15, 0.2) is 24.7 Å². The topological polar surface area (TPSA) is 95.6 Å². The van der Waals surface area contributed by atoms with Gasteiger partial charge in [0.05, 0.1) is 18.4 Å². The molecule has 0 radical (unpaired) electrons. The number of imidazole rings is 1. The lowest BCUT2D eigenvalue weighted by Gasteiger charge is -2.34. The molecule has 3 aromatic heterocycles. The first kappa shape index (κ1) is 20.0. The van der Waals surface area contributed by atoms with E-state index in [9.17, 15) is 4.79 Å². The summed E-state index contributed by atoms with van der Waals surface area (Å²) < 4.78 is 15.4. The van der Waals surface area contributed by atoms with Crippen LogP contribution in [0.25, 0.3) is 5.78 Å². The predicted molar refractivity (Wildman–Crippen MR) is 114 cm³/mol. The number of fused-ring (bicyclic) bond motifs is 1. The number of anilines is 1. The Morgan fingerprint density at radius 1 is 1.29 bits per heavy atom. The summed E-state index contributed by atoms with van der Waals surface area (Å²) >= 11 is 0. The number of carbonyl (C=O) groups excluding carboxylic acids is 1. The molecule has 1 saturated heterocycles. The van der Waals surface area contributed by atoms with Crippen molar-refractivity contribution in [3.05, 3.63) is 35.9 Å². The Hall–Kier alpha value is -2.94. The molecule has 2 atom stereocenters. The Bertz CT molecular complexity index is 1110. The number of nitrogens with one attached hydrogen (secondary N) is 1. The van der Waals surface area contributed by atoms with Gasteiger partial charge in [-0.15, -0.1) is 0 Å². The van der Waals surface area contributed by atoms with Gasteiger partial charge in [0.2, 0.25) is 11.7 Å². The highest BCUT2D eigenvalue weighted by Gasteiger charge is 2.35. The maximum atomic E-state index is 13.0. The third-order valence-corrected chi connectivity index (χ3v) is 6.35. The van der Waals surface area contributed by atoms with Gasteiger partial charge in [-0.05, 0) is 39.0 Å². The molecule has 164 valence electrons. The number of ether oxygens (including phenoxy) is 2. The van der Waals surface area contributed by atoms with Gasteiger partial charge in [0.15, 0.2) is 5.82 Å². The number of amides is 1. The summed E-state index contributed by atoms with van der Waals surface area (Å²) in [6, 6.07) is 1.75. The molecule has 9 nitrogen and oxygen atoms in total. The number of nitrogens with zero attached hydrogens (tertiary/aromatic N) is 5. The lowest BCUT2D eigenvalue weighted by atomic mass is 9.81. The van der Waals surface area contributed by atoms with Gasteiger partial charge in [-0.1, -0.05) is 6.92 Å². The van der Waals surface area contributed by atoms with Crippen LogP contribution in [-0.4, -0.2) is 48.9 Å². The molecule has 2 fully saturated rings. The molecule has 5 rings (SSSR count). The summed E-state index contributed by atoms with van der Waals surface area (Å²) in [5, 5.41) is 7.06. The van der Waals surface area contributed by atoms with Crippen molar-refractivity contribution in [1.82, 2.24) is 24.1 Å². The number of hydrogen-bond acceptors (Lipinski definition) is 6. The highest BCUT2D eigenvalue weighted by molar-refractivity contribution is 6.05. The highest BCUT2D eigenvalue weighted by atomic mass is 16.5. The van der Waals surface area contributed by atoms with Crippen molar-refractivity contribution in [2.24, 2.45) is 7.05 Å². The van der Waals surface area contributed by atoms with E-state index in [4.69, 9.17) is 14.5 Å². The molecule has 0 bridgehead atoms. The minimum Gasteiger partial charge on any atom is -0.474 e. The minimum absolute atomic E-state index is 0.0940. The zero-order valence-corrected chi connectivity index (χ0v) is 18.2. The van der Waals surface area contributed by atoms with E-state index in [2.05, 4.69) is 29.2 Å². The molecule has 0 unspecified atom stereocenters. The van der Waals surface area contributed by atoms with Gasteiger partial charge in [0, 0.05) is 37.1 Å². The highest BCUT2D eigenvalue weighted by Crippen LogP contribution is 2.34. The second kappa shape index (κ2) is 7.64. The summed E-state index contributed by atoms with van der Waals surface area (Å²) in [4.78, 5) is 22.5. The predicted octanol–water partition coefficient (Wildman–Crippen LogP) is 3.10. The fourth-order valence-corrected chi connectivity index (χ4v) is 3.96. The Morgan fingerprint density at radius 3 is 2.77 bits per heavy atom. The van der Waals surface area contributed by atoms with Crippen molar-refractivity contribution >= 4 is 17.5 Å². The Morgan fingerprint density at radius 2 is 2.13 bits per heavy atom. The second-order valence-electron chi connectivity index (χ2n) is 9.01. The van der Waals surface area contributed by atoms with Crippen LogP contribution in [0.1, 0.15) is 62.0 Å². The van der Waals surface area contributed by atoms with Crippen molar-refractivity contribution < 1.29 is 14.3 Å². The maximum Gasteiger partial charge on any atom is 0.263 e. The van der Waals surface area contributed by atoms with Crippen molar-refractivity contribution in [2.45, 2.75) is 63.6 Å². The van der Waals surface area contributed by atoms with Crippen LogP contribution in [-0.2, 0) is 17.2 Å². The van der Waals surface area contributed by atoms with E-state index in [0.29, 0.717) is 29.6 Å².